The number of carbonyl (C=O) groups is 1. The first kappa shape index (κ1) is 13.1. The predicted molar refractivity (Wildman–Crippen MR) is 62.1 cm³/mol. The quantitative estimate of drug-likeness (QED) is 0.824. The third kappa shape index (κ3) is 4.21. The number of pyridine rings is 1. The lowest BCUT2D eigenvalue weighted by atomic mass is 10.1. The Bertz CT molecular complexity index is 440. The van der Waals surface area contributed by atoms with Crippen LogP contribution in [0.15, 0.2) is 18.3 Å². The van der Waals surface area contributed by atoms with Crippen molar-refractivity contribution in [3.63, 3.8) is 0 Å². The maximum Gasteiger partial charge on any atom is 0.307 e. The standard InChI is InChI=1S/C12H15N3O2/c1-9(12(16)17)7-15(2)8-10-3-4-14-11(5-10)6-13/h3-5,9H,7-8H2,1-2H3,(H,16,17). The topological polar surface area (TPSA) is 77.2 Å². The van der Waals surface area contributed by atoms with E-state index in [1.54, 1.807) is 19.2 Å². The van der Waals surface area contributed by atoms with E-state index in [4.69, 9.17) is 10.4 Å². The zero-order valence-corrected chi connectivity index (χ0v) is 9.92. The summed E-state index contributed by atoms with van der Waals surface area (Å²) in [5, 5.41) is 17.5. The van der Waals surface area contributed by atoms with E-state index in [0.717, 1.165) is 5.56 Å². The van der Waals surface area contributed by atoms with E-state index < -0.39 is 11.9 Å². The molecule has 0 amide bonds. The maximum atomic E-state index is 10.7. The summed E-state index contributed by atoms with van der Waals surface area (Å²) in [6.07, 6.45) is 1.59. The van der Waals surface area contributed by atoms with Gasteiger partial charge >= 0.3 is 5.97 Å². The first-order valence-electron chi connectivity index (χ1n) is 5.29. The van der Waals surface area contributed by atoms with Crippen molar-refractivity contribution >= 4 is 5.97 Å². The Morgan fingerprint density at radius 1 is 1.71 bits per heavy atom. The van der Waals surface area contributed by atoms with Gasteiger partial charge in [-0.15, -0.1) is 0 Å². The largest absolute Gasteiger partial charge is 0.481 e. The minimum absolute atomic E-state index is 0.377. The summed E-state index contributed by atoms with van der Waals surface area (Å²) >= 11 is 0. The number of aromatic nitrogens is 1. The van der Waals surface area contributed by atoms with E-state index in [-0.39, 0.29) is 0 Å². The van der Waals surface area contributed by atoms with Crippen molar-refractivity contribution in [3.05, 3.63) is 29.6 Å². The minimum atomic E-state index is -0.802. The van der Waals surface area contributed by atoms with Crippen molar-refractivity contribution in [1.29, 1.82) is 5.26 Å². The van der Waals surface area contributed by atoms with Crippen LogP contribution in [0.3, 0.4) is 0 Å². The van der Waals surface area contributed by atoms with Crippen LogP contribution in [0, 0.1) is 17.2 Å². The van der Waals surface area contributed by atoms with Gasteiger partial charge in [-0.3, -0.25) is 4.79 Å². The molecule has 1 aromatic heterocycles. The first-order valence-corrected chi connectivity index (χ1v) is 5.29. The fourth-order valence-electron chi connectivity index (χ4n) is 1.56. The monoisotopic (exact) mass is 233 g/mol. The Balaban J connectivity index is 2.59. The summed E-state index contributed by atoms with van der Waals surface area (Å²) in [6, 6.07) is 5.51. The SMILES string of the molecule is CC(CN(C)Cc1ccnc(C#N)c1)C(=O)O. The first-order chi connectivity index (χ1) is 8.02. The molecule has 0 aromatic carbocycles. The molecule has 90 valence electrons. The molecule has 1 aromatic rings. The van der Waals surface area contributed by atoms with Gasteiger partial charge in [0.25, 0.3) is 0 Å². The van der Waals surface area contributed by atoms with Crippen LogP contribution in [-0.4, -0.2) is 34.6 Å². The normalized spacial score (nSPS) is 12.1. The molecular weight excluding hydrogens is 218 g/mol. The predicted octanol–water partition coefficient (Wildman–Crippen LogP) is 1.11. The van der Waals surface area contributed by atoms with E-state index in [2.05, 4.69) is 4.98 Å². The summed E-state index contributed by atoms with van der Waals surface area (Å²) in [5.41, 5.74) is 1.33. The van der Waals surface area contributed by atoms with Crippen molar-refractivity contribution in [2.24, 2.45) is 5.92 Å². The summed E-state index contributed by atoms with van der Waals surface area (Å²) in [7, 11) is 1.85. The average molecular weight is 233 g/mol. The second-order valence-electron chi connectivity index (χ2n) is 4.10. The highest BCUT2D eigenvalue weighted by molar-refractivity contribution is 5.69. The molecule has 1 heterocycles. The Labute approximate surface area is 100 Å². The van der Waals surface area contributed by atoms with Gasteiger partial charge in [-0.1, -0.05) is 6.92 Å². The molecule has 0 spiro atoms. The lowest BCUT2D eigenvalue weighted by Gasteiger charge is -2.18. The van der Waals surface area contributed by atoms with Gasteiger partial charge in [-0.25, -0.2) is 4.98 Å². The minimum Gasteiger partial charge on any atom is -0.481 e. The van der Waals surface area contributed by atoms with Crippen LogP contribution < -0.4 is 0 Å². The van der Waals surface area contributed by atoms with Crippen molar-refractivity contribution < 1.29 is 9.90 Å². The van der Waals surface area contributed by atoms with Crippen LogP contribution in [-0.2, 0) is 11.3 Å². The zero-order chi connectivity index (χ0) is 12.8. The van der Waals surface area contributed by atoms with E-state index in [1.807, 2.05) is 24.1 Å². The number of hydrogen-bond donors (Lipinski definition) is 1. The molecule has 0 radical (unpaired) electrons. The fraction of sp³-hybridized carbons (Fsp3) is 0.417. The molecule has 0 saturated heterocycles. The number of carboxylic acid groups (broad SMARTS) is 1. The van der Waals surface area contributed by atoms with Gasteiger partial charge in [-0.2, -0.15) is 5.26 Å². The zero-order valence-electron chi connectivity index (χ0n) is 9.92. The summed E-state index contributed by atoms with van der Waals surface area (Å²) in [5.74, 6) is -1.21. The van der Waals surface area contributed by atoms with Gasteiger partial charge in [0, 0.05) is 19.3 Å². The third-order valence-corrected chi connectivity index (χ3v) is 2.40. The highest BCUT2D eigenvalue weighted by Gasteiger charge is 2.13. The number of nitrogens with zero attached hydrogens (tertiary/aromatic N) is 3. The van der Waals surface area contributed by atoms with Crippen LogP contribution >= 0.6 is 0 Å². The molecule has 1 N–H and O–H groups in total. The molecule has 17 heavy (non-hydrogen) atoms. The molecule has 5 heteroatoms. The van der Waals surface area contributed by atoms with E-state index in [1.165, 1.54) is 0 Å². The Morgan fingerprint density at radius 3 is 3.00 bits per heavy atom. The third-order valence-electron chi connectivity index (χ3n) is 2.40. The van der Waals surface area contributed by atoms with Crippen molar-refractivity contribution in [2.45, 2.75) is 13.5 Å². The highest BCUT2D eigenvalue weighted by atomic mass is 16.4. The Kier molecular flexibility index (Phi) is 4.61. The number of carboxylic acids is 1. The van der Waals surface area contributed by atoms with Crippen LogP contribution in [0.25, 0.3) is 0 Å². The van der Waals surface area contributed by atoms with Crippen molar-refractivity contribution in [2.75, 3.05) is 13.6 Å². The lowest BCUT2D eigenvalue weighted by Crippen LogP contribution is -2.28. The smallest absolute Gasteiger partial charge is 0.307 e. The van der Waals surface area contributed by atoms with Gasteiger partial charge in [0.1, 0.15) is 11.8 Å². The van der Waals surface area contributed by atoms with Gasteiger partial charge in [0.2, 0.25) is 0 Å². The van der Waals surface area contributed by atoms with Crippen LogP contribution in [0.5, 0.6) is 0 Å². The molecule has 0 bridgehead atoms. The molecule has 0 fully saturated rings. The lowest BCUT2D eigenvalue weighted by molar-refractivity contribution is -0.141. The molecule has 5 nitrogen and oxygen atoms in total. The number of rotatable bonds is 5. The molecule has 0 aliphatic carbocycles. The second kappa shape index (κ2) is 5.97. The Hall–Kier alpha value is -1.93. The van der Waals surface area contributed by atoms with E-state index in [9.17, 15) is 4.79 Å². The van der Waals surface area contributed by atoms with E-state index in [0.29, 0.717) is 18.8 Å². The van der Waals surface area contributed by atoms with Gasteiger partial charge < -0.3 is 10.0 Å². The number of nitriles is 1. The van der Waals surface area contributed by atoms with Crippen LogP contribution in [0.4, 0.5) is 0 Å². The van der Waals surface area contributed by atoms with Gasteiger partial charge in [0.05, 0.1) is 5.92 Å². The maximum absolute atomic E-state index is 10.7. The van der Waals surface area contributed by atoms with Crippen LogP contribution in [0.2, 0.25) is 0 Å². The number of hydrogen-bond acceptors (Lipinski definition) is 4. The van der Waals surface area contributed by atoms with Crippen molar-refractivity contribution in [3.8, 4) is 6.07 Å². The molecule has 1 unspecified atom stereocenters. The highest BCUT2D eigenvalue weighted by Crippen LogP contribution is 2.06. The summed E-state index contributed by atoms with van der Waals surface area (Å²) in [6.45, 7) is 2.75. The van der Waals surface area contributed by atoms with Gasteiger partial charge in [-0.05, 0) is 24.7 Å². The van der Waals surface area contributed by atoms with E-state index >= 15 is 0 Å². The second-order valence-corrected chi connectivity index (χ2v) is 4.10. The van der Waals surface area contributed by atoms with Gasteiger partial charge in [0.15, 0.2) is 0 Å². The molecule has 1 atom stereocenters. The van der Waals surface area contributed by atoms with Crippen LogP contribution in [0.1, 0.15) is 18.2 Å². The fourth-order valence-corrected chi connectivity index (χ4v) is 1.56. The summed E-state index contributed by atoms with van der Waals surface area (Å²) in [4.78, 5) is 16.5. The molecule has 0 aliphatic heterocycles. The molecule has 0 saturated carbocycles. The van der Waals surface area contributed by atoms with Crippen molar-refractivity contribution in [1.82, 2.24) is 9.88 Å². The molecule has 0 aliphatic rings. The molecule has 1 rings (SSSR count). The Morgan fingerprint density at radius 2 is 2.41 bits per heavy atom. The number of aliphatic carboxylic acids is 1. The summed E-state index contributed by atoms with van der Waals surface area (Å²) < 4.78 is 0. The molecular formula is C12H15N3O2. The average Bonchev–Trinajstić information content (AvgIpc) is 2.28.